The number of nitrogens with one attached hydrogen (secondary N) is 2. The Hall–Kier alpha value is -1.40. The predicted molar refractivity (Wildman–Crippen MR) is 83.1 cm³/mol. The highest BCUT2D eigenvalue weighted by Crippen LogP contribution is 2.20. The number of piperidine rings is 1. The number of aromatic nitrogens is 2. The van der Waals surface area contributed by atoms with Gasteiger partial charge in [-0.25, -0.2) is 13.4 Å². The van der Waals surface area contributed by atoms with Crippen LogP contribution >= 0.6 is 0 Å². The zero-order valence-corrected chi connectivity index (χ0v) is 13.0. The molecule has 0 saturated carbocycles. The van der Waals surface area contributed by atoms with Gasteiger partial charge < -0.3 is 10.3 Å². The van der Waals surface area contributed by atoms with Crippen LogP contribution in [-0.4, -0.2) is 37.7 Å². The van der Waals surface area contributed by atoms with Gasteiger partial charge in [0, 0.05) is 12.7 Å². The SMILES string of the molecule is CS(=O)(=O)c1ccc2nc(CCC3CCCNC3)[nH]c2c1. The summed E-state index contributed by atoms with van der Waals surface area (Å²) in [5, 5.41) is 3.42. The molecule has 2 aromatic rings. The lowest BCUT2D eigenvalue weighted by Crippen LogP contribution is -2.29. The Morgan fingerprint density at radius 2 is 2.24 bits per heavy atom. The van der Waals surface area contributed by atoms with Crippen LogP contribution in [0.1, 0.15) is 25.1 Å². The van der Waals surface area contributed by atoms with Gasteiger partial charge in [-0.3, -0.25) is 0 Å². The largest absolute Gasteiger partial charge is 0.342 e. The number of benzene rings is 1. The molecule has 1 aromatic heterocycles. The van der Waals surface area contributed by atoms with E-state index in [-0.39, 0.29) is 0 Å². The first-order valence-corrected chi connectivity index (χ1v) is 9.31. The summed E-state index contributed by atoms with van der Waals surface area (Å²) in [5.74, 6) is 1.67. The lowest BCUT2D eigenvalue weighted by Gasteiger charge is -2.22. The van der Waals surface area contributed by atoms with Crippen molar-refractivity contribution in [2.24, 2.45) is 5.92 Å². The van der Waals surface area contributed by atoms with Crippen molar-refractivity contribution in [3.63, 3.8) is 0 Å². The summed E-state index contributed by atoms with van der Waals surface area (Å²) in [6, 6.07) is 5.06. The van der Waals surface area contributed by atoms with Gasteiger partial charge in [-0.1, -0.05) is 0 Å². The van der Waals surface area contributed by atoms with Crippen molar-refractivity contribution in [3.05, 3.63) is 24.0 Å². The maximum absolute atomic E-state index is 11.6. The fourth-order valence-corrected chi connectivity index (χ4v) is 3.55. The summed E-state index contributed by atoms with van der Waals surface area (Å²) >= 11 is 0. The number of aryl methyl sites for hydroxylation is 1. The summed E-state index contributed by atoms with van der Waals surface area (Å²) in [6.45, 7) is 2.23. The van der Waals surface area contributed by atoms with Crippen LogP contribution in [0.15, 0.2) is 23.1 Å². The molecule has 2 N–H and O–H groups in total. The number of hydrogen-bond acceptors (Lipinski definition) is 4. The van der Waals surface area contributed by atoms with E-state index >= 15 is 0 Å². The van der Waals surface area contributed by atoms with E-state index in [9.17, 15) is 8.42 Å². The Bertz CT molecular complexity index is 730. The molecule has 2 heterocycles. The molecule has 1 aliphatic heterocycles. The van der Waals surface area contributed by atoms with Gasteiger partial charge in [-0.15, -0.1) is 0 Å². The van der Waals surface area contributed by atoms with E-state index in [1.54, 1.807) is 18.2 Å². The van der Waals surface area contributed by atoms with E-state index in [1.165, 1.54) is 19.1 Å². The second kappa shape index (κ2) is 5.77. The second-order valence-electron chi connectivity index (χ2n) is 5.89. The maximum atomic E-state index is 11.6. The zero-order chi connectivity index (χ0) is 14.9. The highest BCUT2D eigenvalue weighted by molar-refractivity contribution is 7.90. The fraction of sp³-hybridized carbons (Fsp3) is 0.533. The summed E-state index contributed by atoms with van der Waals surface area (Å²) < 4.78 is 23.1. The van der Waals surface area contributed by atoms with Crippen LogP contribution in [0.5, 0.6) is 0 Å². The van der Waals surface area contributed by atoms with Gasteiger partial charge in [-0.05, 0) is 56.5 Å². The molecule has 1 aromatic carbocycles. The first kappa shape index (κ1) is 14.5. The Balaban J connectivity index is 1.74. The first-order valence-electron chi connectivity index (χ1n) is 7.42. The summed E-state index contributed by atoms with van der Waals surface area (Å²) in [5.41, 5.74) is 1.63. The quantitative estimate of drug-likeness (QED) is 0.904. The molecule has 114 valence electrons. The van der Waals surface area contributed by atoms with E-state index in [4.69, 9.17) is 0 Å². The molecule has 1 unspecified atom stereocenters. The minimum atomic E-state index is -3.17. The number of aromatic amines is 1. The third-order valence-electron chi connectivity index (χ3n) is 4.12. The van der Waals surface area contributed by atoms with Gasteiger partial charge in [0.1, 0.15) is 5.82 Å². The molecule has 1 saturated heterocycles. The maximum Gasteiger partial charge on any atom is 0.175 e. The molecule has 1 aliphatic rings. The average Bonchev–Trinajstić information content (AvgIpc) is 2.87. The molecule has 0 radical (unpaired) electrons. The number of H-pyrrole nitrogens is 1. The van der Waals surface area contributed by atoms with E-state index < -0.39 is 9.84 Å². The topological polar surface area (TPSA) is 74.8 Å². The minimum Gasteiger partial charge on any atom is -0.342 e. The highest BCUT2D eigenvalue weighted by atomic mass is 32.2. The minimum absolute atomic E-state index is 0.335. The average molecular weight is 307 g/mol. The molecule has 21 heavy (non-hydrogen) atoms. The summed E-state index contributed by atoms with van der Waals surface area (Å²) in [4.78, 5) is 8.14. The lowest BCUT2D eigenvalue weighted by atomic mass is 9.95. The first-order chi connectivity index (χ1) is 10.0. The Labute approximate surface area is 125 Å². The fourth-order valence-electron chi connectivity index (χ4n) is 2.90. The molecule has 0 bridgehead atoms. The van der Waals surface area contributed by atoms with Crippen molar-refractivity contribution in [1.29, 1.82) is 0 Å². The van der Waals surface area contributed by atoms with Gasteiger partial charge in [0.05, 0.1) is 15.9 Å². The molecule has 6 heteroatoms. The zero-order valence-electron chi connectivity index (χ0n) is 12.2. The smallest absolute Gasteiger partial charge is 0.175 e. The molecule has 0 spiro atoms. The van der Waals surface area contributed by atoms with Crippen molar-refractivity contribution in [2.75, 3.05) is 19.3 Å². The Morgan fingerprint density at radius 1 is 1.38 bits per heavy atom. The van der Waals surface area contributed by atoms with Crippen LogP contribution in [0.3, 0.4) is 0 Å². The highest BCUT2D eigenvalue weighted by Gasteiger charge is 2.14. The predicted octanol–water partition coefficient (Wildman–Crippen LogP) is 1.90. The normalized spacial score (nSPS) is 20.0. The lowest BCUT2D eigenvalue weighted by molar-refractivity contribution is 0.356. The van der Waals surface area contributed by atoms with Crippen LogP contribution in [0.25, 0.3) is 11.0 Å². The van der Waals surface area contributed by atoms with Gasteiger partial charge in [0.2, 0.25) is 0 Å². The summed E-state index contributed by atoms with van der Waals surface area (Å²) in [6.07, 6.45) is 5.79. The van der Waals surface area contributed by atoms with E-state index in [1.807, 2.05) is 0 Å². The summed E-state index contributed by atoms with van der Waals surface area (Å²) in [7, 11) is -3.17. The van der Waals surface area contributed by atoms with Crippen molar-refractivity contribution in [1.82, 2.24) is 15.3 Å². The molecule has 5 nitrogen and oxygen atoms in total. The molecule has 1 atom stereocenters. The van der Waals surface area contributed by atoms with Crippen LogP contribution in [0, 0.1) is 5.92 Å². The van der Waals surface area contributed by atoms with E-state index in [0.29, 0.717) is 4.90 Å². The van der Waals surface area contributed by atoms with Gasteiger partial charge in [-0.2, -0.15) is 0 Å². The number of imidazole rings is 1. The third-order valence-corrected chi connectivity index (χ3v) is 5.23. The van der Waals surface area contributed by atoms with E-state index in [2.05, 4.69) is 15.3 Å². The Kier molecular flexibility index (Phi) is 3.99. The van der Waals surface area contributed by atoms with Crippen molar-refractivity contribution in [2.45, 2.75) is 30.6 Å². The molecule has 1 fully saturated rings. The van der Waals surface area contributed by atoms with Crippen LogP contribution in [0.4, 0.5) is 0 Å². The standard InChI is InChI=1S/C15H21N3O2S/c1-21(19,20)12-5-6-13-14(9-12)18-15(17-13)7-4-11-3-2-8-16-10-11/h5-6,9,11,16H,2-4,7-8,10H2,1H3,(H,17,18). The molecular weight excluding hydrogens is 286 g/mol. The van der Waals surface area contributed by atoms with Gasteiger partial charge in [0.25, 0.3) is 0 Å². The molecular formula is C15H21N3O2S. The third kappa shape index (κ3) is 3.44. The van der Waals surface area contributed by atoms with Crippen LogP contribution in [0.2, 0.25) is 0 Å². The number of sulfone groups is 1. The monoisotopic (exact) mass is 307 g/mol. The van der Waals surface area contributed by atoms with Gasteiger partial charge >= 0.3 is 0 Å². The number of fused-ring (bicyclic) bond motifs is 1. The number of nitrogens with zero attached hydrogens (tertiary/aromatic N) is 1. The Morgan fingerprint density at radius 3 is 2.95 bits per heavy atom. The number of hydrogen-bond donors (Lipinski definition) is 2. The van der Waals surface area contributed by atoms with Crippen molar-refractivity contribution >= 4 is 20.9 Å². The van der Waals surface area contributed by atoms with E-state index in [0.717, 1.165) is 48.7 Å². The number of rotatable bonds is 4. The van der Waals surface area contributed by atoms with Crippen LogP contribution in [-0.2, 0) is 16.3 Å². The van der Waals surface area contributed by atoms with Gasteiger partial charge in [0.15, 0.2) is 9.84 Å². The molecule has 0 amide bonds. The van der Waals surface area contributed by atoms with Crippen LogP contribution < -0.4 is 5.32 Å². The van der Waals surface area contributed by atoms with Crippen molar-refractivity contribution < 1.29 is 8.42 Å². The molecule has 0 aliphatic carbocycles. The second-order valence-corrected chi connectivity index (χ2v) is 7.90. The van der Waals surface area contributed by atoms with Crippen molar-refractivity contribution in [3.8, 4) is 0 Å². The molecule has 3 rings (SSSR count).